The summed E-state index contributed by atoms with van der Waals surface area (Å²) in [6, 6.07) is 12.2. The van der Waals surface area contributed by atoms with Gasteiger partial charge in [-0.1, -0.05) is 17.8 Å². The van der Waals surface area contributed by atoms with E-state index >= 15 is 0 Å². The third-order valence-electron chi connectivity index (χ3n) is 3.51. The van der Waals surface area contributed by atoms with Gasteiger partial charge in [0.2, 0.25) is 11.8 Å². The second kappa shape index (κ2) is 8.48. The van der Waals surface area contributed by atoms with E-state index in [2.05, 4.69) is 38.1 Å². The van der Waals surface area contributed by atoms with Crippen molar-refractivity contribution in [2.45, 2.75) is 12.1 Å². The van der Waals surface area contributed by atoms with Gasteiger partial charge in [0, 0.05) is 26.5 Å². The quantitative estimate of drug-likeness (QED) is 0.235. The largest absolute Gasteiger partial charge is 0.411 e. The van der Waals surface area contributed by atoms with Crippen molar-refractivity contribution in [1.82, 2.24) is 10.2 Å². The van der Waals surface area contributed by atoms with Crippen molar-refractivity contribution in [2.75, 3.05) is 11.1 Å². The molecule has 3 rings (SSSR count). The van der Waals surface area contributed by atoms with E-state index in [4.69, 9.17) is 4.42 Å². The van der Waals surface area contributed by atoms with E-state index in [1.165, 1.54) is 6.07 Å². The first-order chi connectivity index (χ1) is 12.9. The molecule has 0 unspecified atom stereocenters. The van der Waals surface area contributed by atoms with Crippen molar-refractivity contribution in [3.05, 3.63) is 61.7 Å². The molecule has 0 aliphatic heterocycles. The average Bonchev–Trinajstić information content (AvgIpc) is 3.11. The second-order valence-electron chi connectivity index (χ2n) is 5.48. The number of nitro groups is 1. The highest BCUT2D eigenvalue weighted by molar-refractivity contribution is 14.1. The van der Waals surface area contributed by atoms with E-state index in [0.29, 0.717) is 17.1 Å². The van der Waals surface area contributed by atoms with Crippen LogP contribution in [0, 0.1) is 20.6 Å². The smallest absolute Gasteiger partial charge is 0.277 e. The highest BCUT2D eigenvalue weighted by Gasteiger charge is 2.14. The molecule has 10 heteroatoms. The molecule has 1 aromatic heterocycles. The van der Waals surface area contributed by atoms with E-state index in [9.17, 15) is 14.9 Å². The number of hydrogen-bond acceptors (Lipinski definition) is 7. The standard InChI is InChI=1S/C17H13IN4O4S/c1-10-2-7-13(8-14(10)22(24)25)19-15(23)9-27-17-21-20-16(26-17)11-3-5-12(18)6-4-11/h2-8H,9H2,1H3,(H,19,23). The molecule has 0 atom stereocenters. The summed E-state index contributed by atoms with van der Waals surface area (Å²) in [5.74, 6) is 0.0892. The van der Waals surface area contributed by atoms with Gasteiger partial charge in [-0.2, -0.15) is 0 Å². The van der Waals surface area contributed by atoms with Gasteiger partial charge in [-0.05, 0) is 59.8 Å². The van der Waals surface area contributed by atoms with Gasteiger partial charge >= 0.3 is 0 Å². The summed E-state index contributed by atoms with van der Waals surface area (Å²) in [6.07, 6.45) is 0. The Balaban J connectivity index is 1.59. The molecular formula is C17H13IN4O4S. The van der Waals surface area contributed by atoms with Crippen LogP contribution in [0.5, 0.6) is 0 Å². The number of halogens is 1. The molecular weight excluding hydrogens is 483 g/mol. The number of carbonyl (C=O) groups is 1. The van der Waals surface area contributed by atoms with Crippen LogP contribution in [0.2, 0.25) is 0 Å². The van der Waals surface area contributed by atoms with Gasteiger partial charge in [0.05, 0.1) is 10.7 Å². The minimum absolute atomic E-state index is 0.0377. The van der Waals surface area contributed by atoms with Crippen molar-refractivity contribution in [3.8, 4) is 11.5 Å². The lowest BCUT2D eigenvalue weighted by Crippen LogP contribution is -2.14. The maximum absolute atomic E-state index is 12.1. The van der Waals surface area contributed by atoms with Crippen molar-refractivity contribution in [1.29, 1.82) is 0 Å². The monoisotopic (exact) mass is 496 g/mol. The summed E-state index contributed by atoms with van der Waals surface area (Å²) < 4.78 is 6.64. The zero-order chi connectivity index (χ0) is 19.4. The molecule has 0 aliphatic carbocycles. The van der Waals surface area contributed by atoms with Crippen LogP contribution in [0.3, 0.4) is 0 Å². The van der Waals surface area contributed by atoms with Crippen LogP contribution in [0.15, 0.2) is 52.1 Å². The molecule has 0 radical (unpaired) electrons. The maximum Gasteiger partial charge on any atom is 0.277 e. The van der Waals surface area contributed by atoms with E-state index < -0.39 is 4.92 Å². The molecule has 0 bridgehead atoms. The van der Waals surface area contributed by atoms with Gasteiger partial charge in [0.25, 0.3) is 10.9 Å². The molecule has 1 amide bonds. The van der Waals surface area contributed by atoms with E-state index in [1.807, 2.05) is 24.3 Å². The molecule has 27 heavy (non-hydrogen) atoms. The molecule has 0 saturated heterocycles. The van der Waals surface area contributed by atoms with Crippen LogP contribution in [-0.2, 0) is 4.79 Å². The van der Waals surface area contributed by atoms with Gasteiger partial charge in [0.1, 0.15) is 0 Å². The van der Waals surface area contributed by atoms with Gasteiger partial charge in [-0.25, -0.2) is 0 Å². The van der Waals surface area contributed by atoms with E-state index in [0.717, 1.165) is 20.9 Å². The average molecular weight is 496 g/mol. The SMILES string of the molecule is Cc1ccc(NC(=O)CSc2nnc(-c3ccc(I)cc3)o2)cc1[N+](=O)[O-]. The Morgan fingerprint density at radius 2 is 2.00 bits per heavy atom. The molecule has 0 saturated carbocycles. The van der Waals surface area contributed by atoms with Crippen molar-refractivity contribution in [2.24, 2.45) is 0 Å². The fraction of sp³-hybridized carbons (Fsp3) is 0.118. The topological polar surface area (TPSA) is 111 Å². The summed E-state index contributed by atoms with van der Waals surface area (Å²) in [5, 5.41) is 21.8. The van der Waals surface area contributed by atoms with Crippen molar-refractivity contribution in [3.63, 3.8) is 0 Å². The van der Waals surface area contributed by atoms with Gasteiger partial charge in [-0.15, -0.1) is 10.2 Å². The Labute approximate surface area is 172 Å². The lowest BCUT2D eigenvalue weighted by molar-refractivity contribution is -0.385. The summed E-state index contributed by atoms with van der Waals surface area (Å²) in [7, 11) is 0. The molecule has 3 aromatic rings. The first-order valence-electron chi connectivity index (χ1n) is 7.69. The molecule has 0 fully saturated rings. The third kappa shape index (κ3) is 5.04. The highest BCUT2D eigenvalue weighted by atomic mass is 127. The number of benzene rings is 2. The fourth-order valence-electron chi connectivity index (χ4n) is 2.19. The number of hydrogen-bond donors (Lipinski definition) is 1. The molecule has 1 heterocycles. The van der Waals surface area contributed by atoms with Crippen LogP contribution in [0.4, 0.5) is 11.4 Å². The first-order valence-corrected chi connectivity index (χ1v) is 9.76. The van der Waals surface area contributed by atoms with Crippen LogP contribution < -0.4 is 5.32 Å². The number of nitrogens with zero attached hydrogens (tertiary/aromatic N) is 3. The van der Waals surface area contributed by atoms with Crippen molar-refractivity contribution < 1.29 is 14.1 Å². The lowest BCUT2D eigenvalue weighted by atomic mass is 10.2. The number of aryl methyl sites for hydroxylation is 1. The normalized spacial score (nSPS) is 10.6. The van der Waals surface area contributed by atoms with Crippen LogP contribution in [0.25, 0.3) is 11.5 Å². The summed E-state index contributed by atoms with van der Waals surface area (Å²) in [5.41, 5.74) is 1.65. The Hall–Kier alpha value is -2.47. The fourth-order valence-corrected chi connectivity index (χ4v) is 3.11. The Bertz CT molecular complexity index is 991. The molecule has 2 aromatic carbocycles. The van der Waals surface area contributed by atoms with Crippen LogP contribution in [-0.4, -0.2) is 26.8 Å². The molecule has 138 valence electrons. The third-order valence-corrected chi connectivity index (χ3v) is 5.05. The van der Waals surface area contributed by atoms with Gasteiger partial charge in [-0.3, -0.25) is 14.9 Å². The lowest BCUT2D eigenvalue weighted by Gasteiger charge is -2.05. The summed E-state index contributed by atoms with van der Waals surface area (Å²) in [6.45, 7) is 1.64. The molecule has 1 N–H and O–H groups in total. The number of anilines is 1. The van der Waals surface area contributed by atoms with E-state index in [1.54, 1.807) is 19.1 Å². The minimum atomic E-state index is -0.482. The Kier molecular flexibility index (Phi) is 6.06. The van der Waals surface area contributed by atoms with Crippen LogP contribution in [0.1, 0.15) is 5.56 Å². The van der Waals surface area contributed by atoms with Gasteiger partial charge in [0.15, 0.2) is 0 Å². The van der Waals surface area contributed by atoms with E-state index in [-0.39, 0.29) is 22.6 Å². The number of nitro benzene ring substituents is 1. The first kappa shape index (κ1) is 19.3. The Morgan fingerprint density at radius 1 is 1.26 bits per heavy atom. The number of rotatable bonds is 6. The number of thioether (sulfide) groups is 1. The minimum Gasteiger partial charge on any atom is -0.411 e. The molecule has 8 nitrogen and oxygen atoms in total. The Morgan fingerprint density at radius 3 is 2.70 bits per heavy atom. The molecule has 0 spiro atoms. The number of nitrogens with one attached hydrogen (secondary N) is 1. The second-order valence-corrected chi connectivity index (χ2v) is 7.65. The zero-order valence-electron chi connectivity index (χ0n) is 14.0. The molecule has 0 aliphatic rings. The number of amides is 1. The summed E-state index contributed by atoms with van der Waals surface area (Å²) >= 11 is 3.30. The van der Waals surface area contributed by atoms with Gasteiger partial charge < -0.3 is 9.73 Å². The predicted octanol–water partition coefficient (Wildman–Crippen LogP) is 4.29. The zero-order valence-corrected chi connectivity index (χ0v) is 17.0. The maximum atomic E-state index is 12.1. The summed E-state index contributed by atoms with van der Waals surface area (Å²) in [4.78, 5) is 22.6. The number of aromatic nitrogens is 2. The number of carbonyl (C=O) groups excluding carboxylic acids is 1. The highest BCUT2D eigenvalue weighted by Crippen LogP contribution is 2.25. The predicted molar refractivity (Wildman–Crippen MR) is 110 cm³/mol. The van der Waals surface area contributed by atoms with Crippen LogP contribution >= 0.6 is 34.4 Å². The van der Waals surface area contributed by atoms with Crippen molar-refractivity contribution >= 4 is 51.6 Å².